The van der Waals surface area contributed by atoms with Crippen LogP contribution < -0.4 is 0 Å². The summed E-state index contributed by atoms with van der Waals surface area (Å²) in [5.74, 6) is 0.188. The summed E-state index contributed by atoms with van der Waals surface area (Å²) >= 11 is 6.15. The molecule has 1 aromatic heterocycles. The molecule has 2 unspecified atom stereocenters. The highest BCUT2D eigenvalue weighted by molar-refractivity contribution is 6.31. The summed E-state index contributed by atoms with van der Waals surface area (Å²) in [6.07, 6.45) is 0.498. The van der Waals surface area contributed by atoms with E-state index in [0.717, 1.165) is 6.54 Å². The summed E-state index contributed by atoms with van der Waals surface area (Å²) < 4.78 is 7.12. The molecule has 6 heteroatoms. The molecule has 0 saturated carbocycles. The van der Waals surface area contributed by atoms with Gasteiger partial charge in [0.2, 0.25) is 0 Å². The van der Waals surface area contributed by atoms with Crippen molar-refractivity contribution in [1.82, 2.24) is 14.7 Å². The van der Waals surface area contributed by atoms with E-state index in [2.05, 4.69) is 10.00 Å². The molecule has 0 aliphatic carbocycles. The molecule has 0 fully saturated rings. The van der Waals surface area contributed by atoms with Crippen LogP contribution in [0, 0.1) is 5.92 Å². The number of nitrogens with zero attached hydrogens (tertiary/aromatic N) is 3. The number of rotatable bonds is 7. The lowest BCUT2D eigenvalue weighted by molar-refractivity contribution is -0.0428. The first kappa shape index (κ1) is 16.4. The molecule has 0 saturated heterocycles. The van der Waals surface area contributed by atoms with E-state index in [0.29, 0.717) is 17.3 Å². The van der Waals surface area contributed by atoms with E-state index in [9.17, 15) is 5.11 Å². The highest BCUT2D eigenvalue weighted by Crippen LogP contribution is 2.29. The monoisotopic (exact) mass is 289 g/mol. The zero-order chi connectivity index (χ0) is 14.6. The number of hydrogen-bond donors (Lipinski definition) is 1. The van der Waals surface area contributed by atoms with E-state index in [4.69, 9.17) is 16.3 Å². The predicted octanol–water partition coefficient (Wildman–Crippen LogP) is 1.80. The van der Waals surface area contributed by atoms with Crippen LogP contribution in [-0.2, 0) is 11.3 Å². The molecule has 1 rings (SSSR count). The van der Waals surface area contributed by atoms with E-state index >= 15 is 0 Å². The number of ether oxygens (including phenoxy) is 1. The van der Waals surface area contributed by atoms with Crippen LogP contribution in [0.15, 0.2) is 6.20 Å². The molecule has 19 heavy (non-hydrogen) atoms. The van der Waals surface area contributed by atoms with Crippen molar-refractivity contribution >= 4 is 11.6 Å². The number of likely N-dealkylation sites (N-methyl/N-ethyl adjacent to an activating group) is 1. The van der Waals surface area contributed by atoms with Gasteiger partial charge in [-0.15, -0.1) is 0 Å². The normalized spacial score (nSPS) is 15.2. The van der Waals surface area contributed by atoms with Gasteiger partial charge in [-0.2, -0.15) is 5.10 Å². The first-order chi connectivity index (χ1) is 8.88. The molecule has 0 aliphatic rings. The van der Waals surface area contributed by atoms with Gasteiger partial charge in [0.15, 0.2) is 0 Å². The van der Waals surface area contributed by atoms with E-state index in [-0.39, 0.29) is 12.0 Å². The molecule has 0 spiro atoms. The van der Waals surface area contributed by atoms with Crippen LogP contribution >= 0.6 is 11.6 Å². The van der Waals surface area contributed by atoms with Crippen LogP contribution in [0.2, 0.25) is 5.02 Å². The minimum absolute atomic E-state index is 0.188. The molecule has 0 aliphatic heterocycles. The average molecular weight is 290 g/mol. The van der Waals surface area contributed by atoms with E-state index in [1.165, 1.54) is 0 Å². The van der Waals surface area contributed by atoms with Crippen molar-refractivity contribution in [3.63, 3.8) is 0 Å². The molecular weight excluding hydrogens is 266 g/mol. The van der Waals surface area contributed by atoms with Crippen molar-refractivity contribution in [3.8, 4) is 0 Å². The second-order valence-corrected chi connectivity index (χ2v) is 5.70. The summed E-state index contributed by atoms with van der Waals surface area (Å²) in [7, 11) is 5.59. The lowest BCUT2D eigenvalue weighted by Crippen LogP contribution is -2.29. The third kappa shape index (κ3) is 4.18. The highest BCUT2D eigenvalue weighted by atomic mass is 35.5. The Morgan fingerprint density at radius 1 is 1.47 bits per heavy atom. The number of hydrogen-bond acceptors (Lipinski definition) is 4. The van der Waals surface area contributed by atoms with Crippen molar-refractivity contribution in [2.45, 2.75) is 32.6 Å². The van der Waals surface area contributed by atoms with Gasteiger partial charge in [-0.25, -0.2) is 0 Å². The molecular formula is C13H24ClN3O2. The van der Waals surface area contributed by atoms with Crippen molar-refractivity contribution in [3.05, 3.63) is 16.9 Å². The molecule has 5 nitrogen and oxygen atoms in total. The molecule has 0 amide bonds. The van der Waals surface area contributed by atoms with Crippen LogP contribution in [0.5, 0.6) is 0 Å². The molecule has 0 aromatic carbocycles. The Bertz CT molecular complexity index is 393. The zero-order valence-electron chi connectivity index (χ0n) is 12.3. The summed E-state index contributed by atoms with van der Waals surface area (Å²) in [5, 5.41) is 15.2. The fourth-order valence-electron chi connectivity index (χ4n) is 2.06. The SMILES string of the molecule is COC(C(C)C)C(O)c1c(Cl)cnn1CCN(C)C. The Labute approximate surface area is 120 Å². The second kappa shape index (κ2) is 7.24. The Kier molecular flexibility index (Phi) is 6.26. The maximum atomic E-state index is 10.5. The maximum Gasteiger partial charge on any atom is 0.123 e. The summed E-state index contributed by atoms with van der Waals surface area (Å²) in [5.41, 5.74) is 0.629. The van der Waals surface area contributed by atoms with Gasteiger partial charge in [0.25, 0.3) is 0 Å². The number of aliphatic hydroxyl groups excluding tert-OH is 1. The van der Waals surface area contributed by atoms with Gasteiger partial charge in [-0.1, -0.05) is 25.4 Å². The van der Waals surface area contributed by atoms with Crippen LogP contribution in [-0.4, -0.2) is 53.6 Å². The van der Waals surface area contributed by atoms with Gasteiger partial charge in [0, 0.05) is 13.7 Å². The van der Waals surface area contributed by atoms with Crippen LogP contribution in [0.3, 0.4) is 0 Å². The van der Waals surface area contributed by atoms with E-state index < -0.39 is 6.10 Å². The standard InChI is InChI=1S/C13H24ClN3O2/c1-9(2)13(19-5)12(18)11-10(14)8-15-17(11)7-6-16(3)4/h8-9,12-13,18H,6-7H2,1-5H3. The molecule has 2 atom stereocenters. The molecule has 110 valence electrons. The van der Waals surface area contributed by atoms with Crippen molar-refractivity contribution in [2.24, 2.45) is 5.92 Å². The topological polar surface area (TPSA) is 50.5 Å². The predicted molar refractivity (Wildman–Crippen MR) is 76.4 cm³/mol. The first-order valence-corrected chi connectivity index (χ1v) is 6.83. The maximum absolute atomic E-state index is 10.5. The van der Waals surface area contributed by atoms with Crippen molar-refractivity contribution < 1.29 is 9.84 Å². The Morgan fingerprint density at radius 2 is 2.11 bits per heavy atom. The molecule has 1 aromatic rings. The lowest BCUT2D eigenvalue weighted by atomic mass is 9.99. The van der Waals surface area contributed by atoms with Gasteiger partial charge < -0.3 is 14.7 Å². The molecule has 0 bridgehead atoms. The average Bonchev–Trinajstić information content (AvgIpc) is 2.68. The molecule has 1 N–H and O–H groups in total. The van der Waals surface area contributed by atoms with E-state index in [1.807, 2.05) is 27.9 Å². The Hall–Kier alpha value is -0.620. The van der Waals surface area contributed by atoms with Gasteiger partial charge in [-0.3, -0.25) is 4.68 Å². The second-order valence-electron chi connectivity index (χ2n) is 5.29. The van der Waals surface area contributed by atoms with Gasteiger partial charge in [-0.05, 0) is 20.0 Å². The largest absolute Gasteiger partial charge is 0.384 e. The lowest BCUT2D eigenvalue weighted by Gasteiger charge is -2.26. The quantitative estimate of drug-likeness (QED) is 0.832. The summed E-state index contributed by atoms with van der Waals surface area (Å²) in [6, 6.07) is 0. The highest BCUT2D eigenvalue weighted by Gasteiger charge is 2.28. The van der Waals surface area contributed by atoms with Crippen LogP contribution in [0.4, 0.5) is 0 Å². The van der Waals surface area contributed by atoms with Crippen molar-refractivity contribution in [1.29, 1.82) is 0 Å². The minimum atomic E-state index is -0.776. The van der Waals surface area contributed by atoms with Crippen LogP contribution in [0.1, 0.15) is 25.6 Å². The van der Waals surface area contributed by atoms with Gasteiger partial charge in [0.05, 0.1) is 29.6 Å². The smallest absolute Gasteiger partial charge is 0.123 e. The van der Waals surface area contributed by atoms with Gasteiger partial charge >= 0.3 is 0 Å². The van der Waals surface area contributed by atoms with Crippen molar-refractivity contribution in [2.75, 3.05) is 27.7 Å². The molecule has 0 radical (unpaired) electrons. The zero-order valence-corrected chi connectivity index (χ0v) is 13.1. The number of aromatic nitrogens is 2. The number of aliphatic hydroxyl groups is 1. The molecule has 1 heterocycles. The third-order valence-corrected chi connectivity index (χ3v) is 3.40. The minimum Gasteiger partial charge on any atom is -0.384 e. The Balaban J connectivity index is 2.94. The number of halogens is 1. The van der Waals surface area contributed by atoms with E-state index in [1.54, 1.807) is 18.0 Å². The Morgan fingerprint density at radius 3 is 2.58 bits per heavy atom. The van der Waals surface area contributed by atoms with Crippen LogP contribution in [0.25, 0.3) is 0 Å². The fourth-order valence-corrected chi connectivity index (χ4v) is 2.31. The fraction of sp³-hybridized carbons (Fsp3) is 0.769. The third-order valence-electron chi connectivity index (χ3n) is 3.11. The summed E-state index contributed by atoms with van der Waals surface area (Å²) in [6.45, 7) is 5.52. The first-order valence-electron chi connectivity index (χ1n) is 6.45. The number of methoxy groups -OCH3 is 1. The summed E-state index contributed by atoms with van der Waals surface area (Å²) in [4.78, 5) is 2.06. The van der Waals surface area contributed by atoms with Gasteiger partial charge in [0.1, 0.15) is 6.10 Å².